The maximum Gasteiger partial charge on any atom is 1.00 e. The van der Waals surface area contributed by atoms with E-state index in [1.165, 1.54) is 0 Å². The van der Waals surface area contributed by atoms with Crippen LogP contribution < -0.4 is 58.2 Å². The molecule has 2 rings (SSSR count). The summed E-state index contributed by atoms with van der Waals surface area (Å²) >= 11 is 0. The Hall–Kier alpha value is -0.685. The molecule has 0 aromatic heterocycles. The van der Waals surface area contributed by atoms with Crippen LogP contribution in [0.15, 0.2) is 48.5 Å². The third-order valence-electron chi connectivity index (χ3n) is 3.40. The van der Waals surface area contributed by atoms with Gasteiger partial charge in [0.05, 0.1) is 5.91 Å². The molecule has 4 nitrogen and oxygen atoms in total. The van der Waals surface area contributed by atoms with Gasteiger partial charge in [-0.2, -0.15) is 0 Å². The van der Waals surface area contributed by atoms with Gasteiger partial charge in [0.1, 0.15) is 11.5 Å². The van der Waals surface area contributed by atoms with Crippen LogP contribution in [0.25, 0.3) is 5.32 Å². The molecule has 1 amide bonds. The van der Waals surface area contributed by atoms with Gasteiger partial charge in [0.2, 0.25) is 0 Å². The first-order valence-corrected chi connectivity index (χ1v) is 7.32. The molecule has 2 N–H and O–H groups in total. The summed E-state index contributed by atoms with van der Waals surface area (Å²) in [6.45, 7) is 1.91. The Kier molecular flexibility index (Phi) is 9.06. The van der Waals surface area contributed by atoms with Gasteiger partial charge in [-0.1, -0.05) is 31.2 Å². The number of aromatic hydroxyl groups is 2. The number of rotatable bonds is 6. The molecule has 2 aromatic rings. The van der Waals surface area contributed by atoms with Gasteiger partial charge >= 0.3 is 58.2 Å². The second kappa shape index (κ2) is 10.2. The molecule has 1 unspecified atom stereocenters. The van der Waals surface area contributed by atoms with Gasteiger partial charge in [-0.15, -0.1) is 6.04 Å². The van der Waals surface area contributed by atoms with E-state index in [1.54, 1.807) is 24.3 Å². The van der Waals surface area contributed by atoms with Crippen LogP contribution in [-0.2, 0) is 17.6 Å². The molecule has 1 atom stereocenters. The van der Waals surface area contributed by atoms with Crippen molar-refractivity contribution in [3.05, 3.63) is 65.0 Å². The van der Waals surface area contributed by atoms with E-state index >= 15 is 0 Å². The fraction of sp³-hybridized carbons (Fsp3) is 0.278. The van der Waals surface area contributed by atoms with Crippen LogP contribution in [0.2, 0.25) is 0 Å². The summed E-state index contributed by atoms with van der Waals surface area (Å²) < 4.78 is 0. The molecule has 0 aliphatic carbocycles. The smallest absolute Gasteiger partial charge is 0.651 e. The van der Waals surface area contributed by atoms with Crippen molar-refractivity contribution in [3.63, 3.8) is 0 Å². The predicted molar refractivity (Wildman–Crippen MR) is 86.1 cm³/mol. The van der Waals surface area contributed by atoms with E-state index in [4.69, 9.17) is 0 Å². The normalized spacial score (nSPS) is 11.3. The van der Waals surface area contributed by atoms with Gasteiger partial charge in [0, 0.05) is 0 Å². The van der Waals surface area contributed by atoms with Crippen LogP contribution in [0.4, 0.5) is 0 Å². The van der Waals surface area contributed by atoms with Crippen molar-refractivity contribution in [1.82, 2.24) is 0 Å². The van der Waals surface area contributed by atoms with E-state index in [9.17, 15) is 15.0 Å². The molecular weight excluding hydrogens is 364 g/mol. The number of phenolic OH excluding ortho intramolecular Hbond substituents is 2. The van der Waals surface area contributed by atoms with E-state index in [0.717, 1.165) is 11.1 Å². The van der Waals surface area contributed by atoms with E-state index in [0.29, 0.717) is 19.3 Å². The SMILES string of the molecule is CC(Cc1ccc(O)cc1)[N-]C(=O)CCc1ccc(O)cc1.[Rb+]. The first kappa shape index (κ1) is 20.4. The Balaban J connectivity index is 0.00000264. The van der Waals surface area contributed by atoms with Crippen LogP contribution in [0.1, 0.15) is 24.5 Å². The van der Waals surface area contributed by atoms with Crippen molar-refractivity contribution >= 4 is 5.91 Å². The Morgan fingerprint density at radius 3 is 1.96 bits per heavy atom. The van der Waals surface area contributed by atoms with Crippen LogP contribution in [0.5, 0.6) is 11.5 Å². The summed E-state index contributed by atoms with van der Waals surface area (Å²) in [5.41, 5.74) is 2.05. The Morgan fingerprint density at radius 2 is 1.43 bits per heavy atom. The Bertz CT molecular complexity index is 611. The monoisotopic (exact) mass is 383 g/mol. The zero-order chi connectivity index (χ0) is 15.9. The fourth-order valence-corrected chi connectivity index (χ4v) is 2.24. The maximum atomic E-state index is 11.9. The molecule has 0 bridgehead atoms. The minimum absolute atomic E-state index is 0. The van der Waals surface area contributed by atoms with Crippen molar-refractivity contribution in [3.8, 4) is 11.5 Å². The number of hydrogen-bond donors (Lipinski definition) is 2. The summed E-state index contributed by atoms with van der Waals surface area (Å²) in [5.74, 6) is 0.347. The van der Waals surface area contributed by atoms with E-state index in [-0.39, 0.29) is 81.6 Å². The largest absolute Gasteiger partial charge is 1.00 e. The van der Waals surface area contributed by atoms with E-state index in [1.807, 2.05) is 31.2 Å². The van der Waals surface area contributed by atoms with Gasteiger partial charge in [-0.25, -0.2) is 0 Å². The van der Waals surface area contributed by atoms with Crippen LogP contribution >= 0.6 is 0 Å². The molecule has 5 heteroatoms. The zero-order valence-corrected chi connectivity index (χ0v) is 18.5. The molecule has 0 saturated carbocycles. The van der Waals surface area contributed by atoms with E-state index < -0.39 is 0 Å². The average molecular weight is 384 g/mol. The van der Waals surface area contributed by atoms with E-state index in [2.05, 4.69) is 5.32 Å². The first-order valence-electron chi connectivity index (χ1n) is 7.32. The topological polar surface area (TPSA) is 71.6 Å². The summed E-state index contributed by atoms with van der Waals surface area (Å²) in [4.78, 5) is 11.9. The molecule has 0 heterocycles. The summed E-state index contributed by atoms with van der Waals surface area (Å²) in [5, 5.41) is 22.6. The molecule has 0 aliphatic rings. The zero-order valence-electron chi connectivity index (χ0n) is 13.6. The predicted octanol–water partition coefficient (Wildman–Crippen LogP) is 0.566. The number of carbonyl (C=O) groups excluding carboxylic acids is 1. The molecule has 23 heavy (non-hydrogen) atoms. The summed E-state index contributed by atoms with van der Waals surface area (Å²) in [6, 6.07) is 13.7. The molecule has 116 valence electrons. The number of benzene rings is 2. The Morgan fingerprint density at radius 1 is 0.957 bits per heavy atom. The first-order chi connectivity index (χ1) is 10.5. The molecule has 0 spiro atoms. The Labute approximate surface area is 185 Å². The van der Waals surface area contributed by atoms with Crippen LogP contribution in [0, 0.1) is 0 Å². The van der Waals surface area contributed by atoms with Crippen molar-refractivity contribution in [2.75, 3.05) is 0 Å². The van der Waals surface area contributed by atoms with Gasteiger partial charge in [0.25, 0.3) is 0 Å². The van der Waals surface area contributed by atoms with Gasteiger partial charge in [-0.3, -0.25) is 0 Å². The van der Waals surface area contributed by atoms with Gasteiger partial charge < -0.3 is 20.3 Å². The second-order valence-corrected chi connectivity index (χ2v) is 5.41. The van der Waals surface area contributed by atoms with Crippen LogP contribution in [-0.4, -0.2) is 22.2 Å². The number of carbonyl (C=O) groups is 1. The van der Waals surface area contributed by atoms with Crippen LogP contribution in [0.3, 0.4) is 0 Å². The summed E-state index contributed by atoms with van der Waals surface area (Å²) in [6.07, 6.45) is 1.66. The van der Waals surface area contributed by atoms with Crippen molar-refractivity contribution in [2.45, 2.75) is 32.2 Å². The number of hydrogen-bond acceptors (Lipinski definition) is 3. The molecule has 2 aromatic carbocycles. The third-order valence-corrected chi connectivity index (χ3v) is 3.40. The molecule has 0 radical (unpaired) electrons. The number of phenols is 2. The number of amides is 1. The molecular formula is C18H20NO3Rb. The third kappa shape index (κ3) is 7.62. The van der Waals surface area contributed by atoms with Crippen molar-refractivity contribution in [2.24, 2.45) is 0 Å². The average Bonchev–Trinajstić information content (AvgIpc) is 2.49. The van der Waals surface area contributed by atoms with Crippen molar-refractivity contribution < 1.29 is 73.2 Å². The minimum Gasteiger partial charge on any atom is -0.651 e. The maximum absolute atomic E-state index is 11.9. The second-order valence-electron chi connectivity index (χ2n) is 5.41. The van der Waals surface area contributed by atoms with Gasteiger partial charge in [-0.05, 0) is 54.7 Å². The standard InChI is InChI=1S/C18H21NO3.Rb/c1-13(12-15-4-9-17(21)10-5-15)19-18(22)11-6-14-2-7-16(20)8-3-14;/h2-5,7-10,13H,6,11-12H2,1H3,(H3,19,20,21,22);/q;+1/p-1. The number of nitrogens with zero attached hydrogens (tertiary/aromatic N) is 1. The molecule has 0 saturated heterocycles. The summed E-state index contributed by atoms with van der Waals surface area (Å²) in [7, 11) is 0. The fourth-order valence-electron chi connectivity index (χ4n) is 2.24. The minimum atomic E-state index is -0.112. The van der Waals surface area contributed by atoms with Crippen molar-refractivity contribution in [1.29, 1.82) is 0 Å². The quantitative estimate of drug-likeness (QED) is 0.766. The number of aryl methyl sites for hydroxylation is 1. The van der Waals surface area contributed by atoms with Gasteiger partial charge in [0.15, 0.2) is 0 Å². The molecule has 0 aliphatic heterocycles. The molecule has 0 fully saturated rings.